The summed E-state index contributed by atoms with van der Waals surface area (Å²) in [6, 6.07) is 0. The predicted octanol–water partition coefficient (Wildman–Crippen LogP) is 0.392. The molecule has 1 aliphatic heterocycles. The SMILES string of the molecule is NCCc1nc(N)c2c(n1)CCSCC2. The van der Waals surface area contributed by atoms with E-state index in [9.17, 15) is 0 Å². The van der Waals surface area contributed by atoms with Crippen LogP contribution in [0.5, 0.6) is 0 Å². The maximum absolute atomic E-state index is 5.94. The van der Waals surface area contributed by atoms with Crippen molar-refractivity contribution in [2.24, 2.45) is 5.73 Å². The van der Waals surface area contributed by atoms with Crippen LogP contribution in [-0.2, 0) is 19.3 Å². The summed E-state index contributed by atoms with van der Waals surface area (Å²) in [6.07, 6.45) is 2.71. The van der Waals surface area contributed by atoms with Crippen molar-refractivity contribution in [3.63, 3.8) is 0 Å². The van der Waals surface area contributed by atoms with Gasteiger partial charge in [-0.2, -0.15) is 11.8 Å². The first kappa shape index (κ1) is 10.7. The van der Waals surface area contributed by atoms with Gasteiger partial charge in [-0.05, 0) is 30.9 Å². The van der Waals surface area contributed by atoms with Gasteiger partial charge in [-0.1, -0.05) is 0 Å². The van der Waals surface area contributed by atoms with Crippen LogP contribution in [0.2, 0.25) is 0 Å². The zero-order chi connectivity index (χ0) is 10.7. The average molecular weight is 224 g/mol. The second kappa shape index (κ2) is 4.81. The Bertz CT molecular complexity index is 354. The van der Waals surface area contributed by atoms with E-state index in [-0.39, 0.29) is 0 Å². The van der Waals surface area contributed by atoms with Gasteiger partial charge in [0.25, 0.3) is 0 Å². The van der Waals surface area contributed by atoms with Crippen molar-refractivity contribution >= 4 is 17.6 Å². The number of nitrogens with zero attached hydrogens (tertiary/aromatic N) is 2. The van der Waals surface area contributed by atoms with E-state index in [1.165, 1.54) is 0 Å². The highest BCUT2D eigenvalue weighted by molar-refractivity contribution is 7.99. The molecule has 0 amide bonds. The normalized spacial score (nSPS) is 15.8. The van der Waals surface area contributed by atoms with Gasteiger partial charge in [0.2, 0.25) is 0 Å². The number of thioether (sulfide) groups is 1. The molecule has 0 spiro atoms. The molecule has 2 heterocycles. The molecule has 4 nitrogen and oxygen atoms in total. The Morgan fingerprint density at radius 1 is 1.20 bits per heavy atom. The number of nitrogens with two attached hydrogens (primary N) is 2. The number of hydrogen-bond donors (Lipinski definition) is 2. The van der Waals surface area contributed by atoms with Crippen LogP contribution in [0.25, 0.3) is 0 Å². The molecule has 82 valence electrons. The molecule has 1 aliphatic rings. The standard InChI is InChI=1S/C10H16N4S/c11-4-1-9-13-8-3-6-15-5-2-7(8)10(12)14-9/h1-6,11H2,(H2,12,13,14). The zero-order valence-corrected chi connectivity index (χ0v) is 9.52. The summed E-state index contributed by atoms with van der Waals surface area (Å²) >= 11 is 1.95. The van der Waals surface area contributed by atoms with Crippen molar-refractivity contribution in [2.75, 3.05) is 23.8 Å². The molecule has 0 aromatic carbocycles. The molecular weight excluding hydrogens is 208 g/mol. The Morgan fingerprint density at radius 3 is 2.80 bits per heavy atom. The van der Waals surface area contributed by atoms with Crippen molar-refractivity contribution < 1.29 is 0 Å². The Labute approximate surface area is 93.9 Å². The van der Waals surface area contributed by atoms with Crippen LogP contribution < -0.4 is 11.5 Å². The minimum Gasteiger partial charge on any atom is -0.383 e. The monoisotopic (exact) mass is 224 g/mol. The van der Waals surface area contributed by atoms with Gasteiger partial charge in [-0.3, -0.25) is 0 Å². The van der Waals surface area contributed by atoms with Gasteiger partial charge < -0.3 is 11.5 Å². The van der Waals surface area contributed by atoms with Gasteiger partial charge in [0.1, 0.15) is 11.6 Å². The Kier molecular flexibility index (Phi) is 3.43. The Hall–Kier alpha value is -0.810. The van der Waals surface area contributed by atoms with Gasteiger partial charge >= 0.3 is 0 Å². The number of fused-ring (bicyclic) bond motifs is 1. The summed E-state index contributed by atoms with van der Waals surface area (Å²) in [6.45, 7) is 0.576. The van der Waals surface area contributed by atoms with Gasteiger partial charge in [0.15, 0.2) is 0 Å². The van der Waals surface area contributed by atoms with Gasteiger partial charge in [-0.15, -0.1) is 0 Å². The van der Waals surface area contributed by atoms with E-state index in [4.69, 9.17) is 11.5 Å². The van der Waals surface area contributed by atoms with Crippen LogP contribution in [0.15, 0.2) is 0 Å². The fourth-order valence-electron chi connectivity index (χ4n) is 1.77. The number of aryl methyl sites for hydroxylation is 1. The van der Waals surface area contributed by atoms with Crippen molar-refractivity contribution in [2.45, 2.75) is 19.3 Å². The highest BCUT2D eigenvalue weighted by Crippen LogP contribution is 2.22. The molecule has 1 aromatic heterocycles. The summed E-state index contributed by atoms with van der Waals surface area (Å²) in [5, 5.41) is 0. The molecule has 4 N–H and O–H groups in total. The molecule has 0 saturated heterocycles. The number of nitrogen functional groups attached to an aromatic ring is 1. The predicted molar refractivity (Wildman–Crippen MR) is 63.9 cm³/mol. The largest absolute Gasteiger partial charge is 0.383 e. The maximum atomic E-state index is 5.94. The maximum Gasteiger partial charge on any atom is 0.132 e. The Balaban J connectivity index is 2.35. The lowest BCUT2D eigenvalue weighted by Gasteiger charge is -2.09. The summed E-state index contributed by atoms with van der Waals surface area (Å²) in [5.41, 5.74) is 13.7. The van der Waals surface area contributed by atoms with Crippen LogP contribution in [-0.4, -0.2) is 28.0 Å². The van der Waals surface area contributed by atoms with E-state index in [0.29, 0.717) is 18.8 Å². The number of hydrogen-bond acceptors (Lipinski definition) is 5. The van der Waals surface area contributed by atoms with Crippen molar-refractivity contribution in [3.05, 3.63) is 17.1 Å². The van der Waals surface area contributed by atoms with Crippen LogP contribution in [0, 0.1) is 0 Å². The third kappa shape index (κ3) is 2.41. The van der Waals surface area contributed by atoms with E-state index < -0.39 is 0 Å². The van der Waals surface area contributed by atoms with E-state index in [1.54, 1.807) is 0 Å². The quantitative estimate of drug-likeness (QED) is 0.760. The molecule has 15 heavy (non-hydrogen) atoms. The fourth-order valence-corrected chi connectivity index (χ4v) is 2.66. The van der Waals surface area contributed by atoms with Crippen LogP contribution in [0.3, 0.4) is 0 Å². The Morgan fingerprint density at radius 2 is 2.00 bits per heavy atom. The van der Waals surface area contributed by atoms with Gasteiger partial charge in [0.05, 0.1) is 5.69 Å². The summed E-state index contributed by atoms with van der Waals surface area (Å²) in [7, 11) is 0. The van der Waals surface area contributed by atoms with Crippen LogP contribution >= 0.6 is 11.8 Å². The molecule has 1 aromatic rings. The minimum atomic E-state index is 0.576. The van der Waals surface area contributed by atoms with Crippen molar-refractivity contribution in [1.29, 1.82) is 0 Å². The lowest BCUT2D eigenvalue weighted by Crippen LogP contribution is -2.12. The van der Waals surface area contributed by atoms with Crippen molar-refractivity contribution in [1.82, 2.24) is 9.97 Å². The lowest BCUT2D eigenvalue weighted by molar-refractivity contribution is 0.832. The molecule has 0 fully saturated rings. The highest BCUT2D eigenvalue weighted by Gasteiger charge is 2.14. The van der Waals surface area contributed by atoms with E-state index in [1.807, 2.05) is 11.8 Å². The molecular formula is C10H16N4S. The molecule has 0 bridgehead atoms. The smallest absolute Gasteiger partial charge is 0.132 e. The average Bonchev–Trinajstić information content (AvgIpc) is 2.43. The first-order valence-electron chi connectivity index (χ1n) is 5.23. The molecule has 0 unspecified atom stereocenters. The molecule has 0 aliphatic carbocycles. The number of anilines is 1. The molecule has 5 heteroatoms. The summed E-state index contributed by atoms with van der Waals surface area (Å²) < 4.78 is 0. The second-order valence-electron chi connectivity index (χ2n) is 3.60. The topological polar surface area (TPSA) is 77.8 Å². The number of rotatable bonds is 2. The van der Waals surface area contributed by atoms with E-state index >= 15 is 0 Å². The van der Waals surface area contributed by atoms with E-state index in [0.717, 1.165) is 41.4 Å². The highest BCUT2D eigenvalue weighted by atomic mass is 32.2. The van der Waals surface area contributed by atoms with Gasteiger partial charge in [0, 0.05) is 12.0 Å². The zero-order valence-electron chi connectivity index (χ0n) is 8.70. The van der Waals surface area contributed by atoms with Crippen LogP contribution in [0.1, 0.15) is 17.1 Å². The fraction of sp³-hybridized carbons (Fsp3) is 0.600. The first-order chi connectivity index (χ1) is 7.31. The molecule has 0 radical (unpaired) electrons. The molecule has 0 atom stereocenters. The summed E-state index contributed by atoms with van der Waals surface area (Å²) in [5.74, 6) is 3.70. The molecule has 2 rings (SSSR count). The third-order valence-corrected chi connectivity index (χ3v) is 3.50. The van der Waals surface area contributed by atoms with Crippen molar-refractivity contribution in [3.8, 4) is 0 Å². The third-order valence-electron chi connectivity index (χ3n) is 2.52. The van der Waals surface area contributed by atoms with Gasteiger partial charge in [-0.25, -0.2) is 9.97 Å². The second-order valence-corrected chi connectivity index (χ2v) is 4.83. The lowest BCUT2D eigenvalue weighted by atomic mass is 10.1. The molecule has 0 saturated carbocycles. The first-order valence-corrected chi connectivity index (χ1v) is 6.38. The minimum absolute atomic E-state index is 0.576. The van der Waals surface area contributed by atoms with E-state index in [2.05, 4.69) is 9.97 Å². The number of aromatic nitrogens is 2. The summed E-state index contributed by atoms with van der Waals surface area (Å²) in [4.78, 5) is 8.83. The van der Waals surface area contributed by atoms with Crippen LogP contribution in [0.4, 0.5) is 5.82 Å².